The first-order valence-electron chi connectivity index (χ1n) is 7.55. The summed E-state index contributed by atoms with van der Waals surface area (Å²) in [6.45, 7) is 3.69. The summed E-state index contributed by atoms with van der Waals surface area (Å²) in [6.07, 6.45) is 5.60. The Morgan fingerprint density at radius 2 is 1.90 bits per heavy atom. The van der Waals surface area contributed by atoms with Gasteiger partial charge in [0, 0.05) is 26.4 Å². The van der Waals surface area contributed by atoms with E-state index in [-0.39, 0.29) is 0 Å². The molecule has 2 N–H and O–H groups in total. The van der Waals surface area contributed by atoms with Crippen molar-refractivity contribution >= 4 is 11.4 Å². The van der Waals surface area contributed by atoms with Crippen molar-refractivity contribution in [1.29, 1.82) is 0 Å². The third-order valence-corrected chi connectivity index (χ3v) is 5.21. The summed E-state index contributed by atoms with van der Waals surface area (Å²) in [5.41, 5.74) is -1.24. The SMILES string of the molecule is C[C@]1(N2CCCCC2)C[C@@]2(O)C(=[N+]1[O-])CCC/C2=N/O. The molecule has 3 rings (SSSR count). The molecule has 0 spiro atoms. The van der Waals surface area contributed by atoms with E-state index in [0.29, 0.717) is 30.7 Å². The molecule has 0 radical (unpaired) electrons. The fourth-order valence-corrected chi connectivity index (χ4v) is 4.07. The number of fused-ring (bicyclic) bond motifs is 1. The maximum atomic E-state index is 12.8. The van der Waals surface area contributed by atoms with Crippen LogP contribution in [0.2, 0.25) is 0 Å². The quantitative estimate of drug-likeness (QED) is 0.328. The molecular weight excluding hydrogens is 258 g/mol. The molecule has 0 aromatic carbocycles. The summed E-state index contributed by atoms with van der Waals surface area (Å²) < 4.78 is 1.00. The van der Waals surface area contributed by atoms with Crippen LogP contribution in [0.1, 0.15) is 51.9 Å². The summed E-state index contributed by atoms with van der Waals surface area (Å²) >= 11 is 0. The largest absolute Gasteiger partial charge is 0.622 e. The summed E-state index contributed by atoms with van der Waals surface area (Å²) in [6, 6.07) is 0. The minimum absolute atomic E-state index is 0.304. The average Bonchev–Trinajstić information content (AvgIpc) is 2.68. The topological polar surface area (TPSA) is 82.1 Å². The zero-order chi connectivity index (χ0) is 14.4. The normalized spacial score (nSPS) is 41.2. The van der Waals surface area contributed by atoms with Crippen LogP contribution in [0.4, 0.5) is 0 Å². The maximum absolute atomic E-state index is 12.8. The predicted molar refractivity (Wildman–Crippen MR) is 75.1 cm³/mol. The zero-order valence-corrected chi connectivity index (χ0v) is 12.0. The van der Waals surface area contributed by atoms with E-state index in [2.05, 4.69) is 10.1 Å². The Hall–Kier alpha value is -1.14. The molecule has 1 aliphatic carbocycles. The smallest absolute Gasteiger partial charge is 0.230 e. The third-order valence-electron chi connectivity index (χ3n) is 5.21. The van der Waals surface area contributed by atoms with Gasteiger partial charge in [0.1, 0.15) is 0 Å². The van der Waals surface area contributed by atoms with Crippen LogP contribution in [-0.2, 0) is 0 Å². The minimum Gasteiger partial charge on any atom is -0.622 e. The Balaban J connectivity index is 1.98. The molecule has 1 saturated heterocycles. The van der Waals surface area contributed by atoms with E-state index in [9.17, 15) is 10.3 Å². The van der Waals surface area contributed by atoms with Gasteiger partial charge in [0.05, 0.1) is 12.1 Å². The first-order chi connectivity index (χ1) is 9.52. The predicted octanol–water partition coefficient (Wildman–Crippen LogP) is 1.29. The molecule has 0 bridgehead atoms. The number of rotatable bonds is 1. The van der Waals surface area contributed by atoms with Crippen LogP contribution in [0.5, 0.6) is 0 Å². The van der Waals surface area contributed by atoms with Gasteiger partial charge < -0.3 is 15.5 Å². The van der Waals surface area contributed by atoms with Gasteiger partial charge in [-0.05, 0) is 25.7 Å². The molecule has 2 fully saturated rings. The first-order valence-corrected chi connectivity index (χ1v) is 7.55. The van der Waals surface area contributed by atoms with Gasteiger partial charge in [0.2, 0.25) is 11.4 Å². The molecule has 20 heavy (non-hydrogen) atoms. The zero-order valence-electron chi connectivity index (χ0n) is 12.0. The Kier molecular flexibility index (Phi) is 3.25. The molecular formula is C14H23N3O3. The first kappa shape index (κ1) is 13.8. The second-order valence-electron chi connectivity index (χ2n) is 6.44. The summed E-state index contributed by atoms with van der Waals surface area (Å²) in [7, 11) is 0. The third kappa shape index (κ3) is 1.78. The van der Waals surface area contributed by atoms with Gasteiger partial charge in [0.15, 0.2) is 5.60 Å². The molecule has 2 aliphatic heterocycles. The van der Waals surface area contributed by atoms with Gasteiger partial charge in [-0.3, -0.25) is 0 Å². The van der Waals surface area contributed by atoms with Gasteiger partial charge in [-0.15, -0.1) is 0 Å². The number of piperidine rings is 1. The lowest BCUT2D eigenvalue weighted by Crippen LogP contribution is -2.54. The van der Waals surface area contributed by atoms with E-state index in [0.717, 1.165) is 37.1 Å². The fraction of sp³-hybridized carbons (Fsp3) is 0.857. The lowest BCUT2D eigenvalue weighted by molar-refractivity contribution is -0.571. The van der Waals surface area contributed by atoms with Crippen LogP contribution in [0.15, 0.2) is 5.16 Å². The Morgan fingerprint density at radius 3 is 2.55 bits per heavy atom. The standard InChI is InChI=1S/C14H23N3O3/c1-13(16-8-3-2-4-9-16)10-14(18)11(15-19)6-5-7-12(14)17(13)20/h18-19H,2-10H2,1H3/b15-11-/t13-,14+/m1/s1. The molecule has 0 amide bonds. The van der Waals surface area contributed by atoms with Crippen molar-refractivity contribution in [3.63, 3.8) is 0 Å². The van der Waals surface area contributed by atoms with E-state index >= 15 is 0 Å². The fourth-order valence-electron chi connectivity index (χ4n) is 4.07. The van der Waals surface area contributed by atoms with Gasteiger partial charge in [-0.2, -0.15) is 4.74 Å². The van der Waals surface area contributed by atoms with Crippen LogP contribution in [0.3, 0.4) is 0 Å². The number of nitrogens with zero attached hydrogens (tertiary/aromatic N) is 3. The van der Waals surface area contributed by atoms with E-state index < -0.39 is 11.3 Å². The van der Waals surface area contributed by atoms with E-state index in [1.54, 1.807) is 0 Å². The van der Waals surface area contributed by atoms with Crippen LogP contribution < -0.4 is 0 Å². The molecule has 3 aliphatic rings. The molecule has 2 heterocycles. The molecule has 0 unspecified atom stereocenters. The average molecular weight is 281 g/mol. The highest BCUT2D eigenvalue weighted by atomic mass is 16.5. The summed E-state index contributed by atoms with van der Waals surface area (Å²) in [5, 5.41) is 36.1. The van der Waals surface area contributed by atoms with Gasteiger partial charge in [-0.25, -0.2) is 4.90 Å². The molecule has 112 valence electrons. The van der Waals surface area contributed by atoms with Crippen molar-refractivity contribution in [2.75, 3.05) is 13.1 Å². The van der Waals surface area contributed by atoms with Gasteiger partial charge in [-0.1, -0.05) is 11.6 Å². The van der Waals surface area contributed by atoms with Crippen LogP contribution in [0, 0.1) is 5.21 Å². The summed E-state index contributed by atoms with van der Waals surface area (Å²) in [5.74, 6) is 0. The Bertz CT molecular complexity index is 470. The van der Waals surface area contributed by atoms with Crippen LogP contribution in [0.25, 0.3) is 0 Å². The van der Waals surface area contributed by atoms with Crippen molar-refractivity contribution in [2.24, 2.45) is 5.16 Å². The molecule has 0 aromatic heterocycles. The van der Waals surface area contributed by atoms with E-state index in [1.807, 2.05) is 6.92 Å². The minimum atomic E-state index is -1.35. The molecule has 1 saturated carbocycles. The maximum Gasteiger partial charge on any atom is 0.230 e. The van der Waals surface area contributed by atoms with E-state index in [4.69, 9.17) is 5.21 Å². The Labute approximate surface area is 119 Å². The molecule has 6 nitrogen and oxygen atoms in total. The number of hydrogen-bond donors (Lipinski definition) is 2. The molecule has 0 aromatic rings. The lowest BCUT2D eigenvalue weighted by atomic mass is 9.78. The van der Waals surface area contributed by atoms with Gasteiger partial charge in [0.25, 0.3) is 0 Å². The van der Waals surface area contributed by atoms with Crippen LogP contribution >= 0.6 is 0 Å². The monoisotopic (exact) mass is 281 g/mol. The second kappa shape index (κ2) is 4.70. The number of oxime groups is 1. The van der Waals surface area contributed by atoms with Crippen molar-refractivity contribution in [1.82, 2.24) is 4.90 Å². The lowest BCUT2D eigenvalue weighted by Gasteiger charge is -2.38. The number of likely N-dealkylation sites (tertiary alicyclic amines) is 1. The second-order valence-corrected chi connectivity index (χ2v) is 6.44. The van der Waals surface area contributed by atoms with Crippen LogP contribution in [-0.4, -0.2) is 55.7 Å². The number of aliphatic hydroxyl groups is 1. The van der Waals surface area contributed by atoms with E-state index in [1.165, 1.54) is 6.42 Å². The number of hydrogen-bond acceptors (Lipinski definition) is 5. The summed E-state index contributed by atoms with van der Waals surface area (Å²) in [4.78, 5) is 2.18. The van der Waals surface area contributed by atoms with Crippen molar-refractivity contribution in [2.45, 2.75) is 63.1 Å². The highest BCUT2D eigenvalue weighted by molar-refractivity contribution is 6.15. The van der Waals surface area contributed by atoms with Crippen molar-refractivity contribution in [3.05, 3.63) is 5.21 Å². The van der Waals surface area contributed by atoms with Gasteiger partial charge >= 0.3 is 0 Å². The van der Waals surface area contributed by atoms with Crippen molar-refractivity contribution in [3.8, 4) is 0 Å². The Morgan fingerprint density at radius 1 is 1.20 bits per heavy atom. The van der Waals surface area contributed by atoms with Crippen molar-refractivity contribution < 1.29 is 15.1 Å². The number of hydroxylamine groups is 1. The molecule has 2 atom stereocenters. The highest BCUT2D eigenvalue weighted by Gasteiger charge is 2.62. The highest BCUT2D eigenvalue weighted by Crippen LogP contribution is 2.41. The molecule has 6 heteroatoms.